The number of nitrogens with zero attached hydrogens (tertiary/aromatic N) is 24. The number of fused-ring (bicyclic) bond motifs is 6. The smallest absolute Gasteiger partial charge is 0.178 e. The van der Waals surface area contributed by atoms with E-state index in [0.29, 0.717) is 104 Å². The van der Waals surface area contributed by atoms with Crippen LogP contribution in [0.2, 0.25) is 0 Å². The predicted octanol–water partition coefficient (Wildman–Crippen LogP) is 10.7. The summed E-state index contributed by atoms with van der Waals surface area (Å²) in [4.78, 5) is 43.3. The van der Waals surface area contributed by atoms with Crippen LogP contribution in [0.4, 0.5) is 69.0 Å². The van der Waals surface area contributed by atoms with Gasteiger partial charge in [-0.05, 0) is 275 Å². The first kappa shape index (κ1) is 89.7. The Morgan fingerprint density at radius 2 is 0.553 bits per heavy atom. The van der Waals surface area contributed by atoms with Gasteiger partial charge in [0.2, 0.25) is 0 Å². The fourth-order valence-electron chi connectivity index (χ4n) is 17.1. The standard InChI is InChI=1S/C33H43N13.C31H39N13.C29H39N13/c34-24-23-25(35)31(39-29-27-12-2-4-22-46(27)42-33(29)37-14-10-20-44-17-7-8-18-44)40-30(24)38-28-26-11-1-3-21-45(26)41-32(28)36-13-9-19-43-15-5-6-16-43;32-22-21-23(33)29(37-27-25-10-2-4-18-44(25)40-31(27)35-12-20-42-15-7-8-16-42)38-28(22)36-26-24-9-1-3-17-43(24)39-30(26)34-11-19-41-13-5-6-14-41;1-39(2)15-9-13-32-28-24(22-11-5-7-17-41(22)37-28)34-26-20(30)19-21(31)27(36-26)35-25-23-12-6-8-18-42(23)38-29(25)33-14-10-16-40(3)4/h1-4,11-12,21-23,34H,5-10,13-20,35H2,(H,36,41)(H,37,42)(H,38,39,40);1-4,9-10,17-18,21,32H,5-8,11-16,19-20,33H2,(H,34,39)(H,35,40)(H,36,37,38);5-8,11-12,17-19,30H,9-10,13-16,31H2,1-4H3,(H,32,37)(H,33,38)(H,34,35,36). The molecule has 18 N–H and O–H groups in total. The summed E-state index contributed by atoms with van der Waals surface area (Å²) < 4.78 is 10.9. The van der Waals surface area contributed by atoms with Gasteiger partial charge in [-0.15, -0.1) is 30.6 Å². The maximum atomic E-state index is 8.73. The third kappa shape index (κ3) is 21.9. The first-order valence-electron chi connectivity index (χ1n) is 46.0. The fraction of sp³-hybridized carbons (Fsp3) is 0.387. The number of nitrogens with one attached hydrogen (secondary N) is 12. The molecule has 12 aromatic rings. The molecule has 0 amide bonds. The average Bonchev–Trinajstić information content (AvgIpc) is 1.62. The van der Waals surface area contributed by atoms with Crippen molar-refractivity contribution in [2.45, 2.75) is 77.0 Å². The third-order valence-electron chi connectivity index (χ3n) is 23.9. The molecule has 39 nitrogen and oxygen atoms in total. The normalized spacial score (nSPS) is 17.4. The highest BCUT2D eigenvalue weighted by Gasteiger charge is 2.29. The zero-order valence-electron chi connectivity index (χ0n) is 75.7. The minimum absolute atomic E-state index is 0.155. The third-order valence-corrected chi connectivity index (χ3v) is 23.9. The van der Waals surface area contributed by atoms with E-state index in [2.05, 4.69) is 105 Å². The van der Waals surface area contributed by atoms with E-state index in [1.807, 2.05) is 164 Å². The molecule has 0 aromatic carbocycles. The number of anilines is 9. The van der Waals surface area contributed by atoms with Crippen LogP contribution >= 0.6 is 0 Å². The van der Waals surface area contributed by atoms with E-state index in [1.54, 1.807) is 27.3 Å². The zero-order chi connectivity index (χ0) is 90.8. The number of amidine groups is 6. The summed E-state index contributed by atoms with van der Waals surface area (Å²) in [5.41, 5.74) is 30.0. The molecule has 19 rings (SSSR count). The topological polar surface area (TPSA) is 455 Å². The van der Waals surface area contributed by atoms with Gasteiger partial charge >= 0.3 is 0 Å². The van der Waals surface area contributed by atoms with E-state index < -0.39 is 0 Å². The monoisotopic (exact) mass is 1780 g/mol. The average molecular weight is 1790 g/mol. The second-order valence-corrected chi connectivity index (χ2v) is 34.3. The Balaban J connectivity index is 0.000000138. The molecule has 0 radical (unpaired) electrons. The molecule has 0 aliphatic carbocycles. The van der Waals surface area contributed by atoms with Crippen molar-refractivity contribution in [1.29, 1.82) is 16.2 Å². The molecule has 12 aromatic heterocycles. The molecule has 0 spiro atoms. The summed E-state index contributed by atoms with van der Waals surface area (Å²) in [7, 11) is 8.22. The molecule has 19 heterocycles. The van der Waals surface area contributed by atoms with Crippen molar-refractivity contribution in [2.24, 2.45) is 47.2 Å². The molecule has 39 heteroatoms. The molecule has 4 saturated heterocycles. The highest BCUT2D eigenvalue weighted by molar-refractivity contribution is 6.54. The van der Waals surface area contributed by atoms with E-state index >= 15 is 0 Å². The lowest BCUT2D eigenvalue weighted by Gasteiger charge is -2.17. The fourth-order valence-corrected chi connectivity index (χ4v) is 17.1. The van der Waals surface area contributed by atoms with Crippen molar-refractivity contribution < 1.29 is 0 Å². The second kappa shape index (κ2) is 42.5. The van der Waals surface area contributed by atoms with Gasteiger partial charge in [0.05, 0.1) is 67.3 Å². The summed E-state index contributed by atoms with van der Waals surface area (Å²) in [6.45, 7) is 19.9. The van der Waals surface area contributed by atoms with Crippen LogP contribution in [0.1, 0.15) is 77.0 Å². The number of pyridine rings is 6. The van der Waals surface area contributed by atoms with Crippen molar-refractivity contribution in [3.05, 3.63) is 182 Å². The maximum Gasteiger partial charge on any atom is 0.178 e. The number of rotatable bonds is 34. The van der Waals surface area contributed by atoms with Crippen molar-refractivity contribution in [2.75, 3.05) is 207 Å². The van der Waals surface area contributed by atoms with Gasteiger partial charge in [0, 0.05) is 89.5 Å². The number of aromatic nitrogens is 12. The summed E-state index contributed by atoms with van der Waals surface area (Å²) in [6, 6.07) is 35.3. The minimum atomic E-state index is 0.155. The van der Waals surface area contributed by atoms with Gasteiger partial charge in [0.15, 0.2) is 69.9 Å². The van der Waals surface area contributed by atoms with Crippen molar-refractivity contribution in [3.63, 3.8) is 0 Å². The van der Waals surface area contributed by atoms with E-state index in [4.69, 9.17) is 94.0 Å². The van der Waals surface area contributed by atoms with Crippen molar-refractivity contribution >= 4 is 154 Å². The Hall–Kier alpha value is -14.3. The summed E-state index contributed by atoms with van der Waals surface area (Å²) >= 11 is 0. The van der Waals surface area contributed by atoms with E-state index in [1.165, 1.54) is 77.5 Å². The quantitative estimate of drug-likeness (QED) is 0.0167. The lowest BCUT2D eigenvalue weighted by atomic mass is 10.2. The van der Waals surface area contributed by atoms with E-state index in [0.717, 1.165) is 181 Å². The van der Waals surface area contributed by atoms with Gasteiger partial charge in [0.25, 0.3) is 0 Å². The number of nitrogens with two attached hydrogens (primary N) is 3. The number of hydrogen-bond donors (Lipinski definition) is 15. The Morgan fingerprint density at radius 1 is 0.311 bits per heavy atom. The first-order valence-corrected chi connectivity index (χ1v) is 46.0. The van der Waals surface area contributed by atoms with Gasteiger partial charge in [-0.25, -0.2) is 57.0 Å². The molecule has 0 saturated carbocycles. The lowest BCUT2D eigenvalue weighted by Crippen LogP contribution is -2.30. The van der Waals surface area contributed by atoms with Gasteiger partial charge in [-0.1, -0.05) is 36.4 Å². The highest BCUT2D eigenvalue weighted by atomic mass is 15.4. The molecule has 132 heavy (non-hydrogen) atoms. The predicted molar refractivity (Wildman–Crippen MR) is 535 cm³/mol. The van der Waals surface area contributed by atoms with Gasteiger partial charge in [-0.2, -0.15) is 0 Å². The van der Waals surface area contributed by atoms with Crippen LogP contribution in [-0.4, -0.2) is 298 Å². The van der Waals surface area contributed by atoms with Crippen molar-refractivity contribution in [3.8, 4) is 0 Å². The molecule has 0 bridgehead atoms. The second-order valence-electron chi connectivity index (χ2n) is 34.3. The number of likely N-dealkylation sites (tertiary alicyclic amines) is 4. The SMILES string of the molecule is CN(C)CCCNc1nn2ccccc2c1N=C1N=C(Nc2c(NCCCN(C)C)nn3ccccc23)C(=N)C=C1N.N=C1C=C(N)C(=Nc2c(NCCCN3CCCC3)nn3ccccc23)N=C1Nc1c(NCCCN2CCCC2)nn2ccccc12.N=C1C=C(N)C(=Nc2c(NCCN3CCCC3)nn3ccccc23)N=C1Nc1c(NCCN2CCCC2)nn2ccccc12. The Morgan fingerprint density at radius 3 is 0.848 bits per heavy atom. The number of hydrogen-bond acceptors (Lipinski definition) is 30. The Bertz CT molecular complexity index is 6400. The van der Waals surface area contributed by atoms with Crippen molar-refractivity contribution in [1.82, 2.24) is 87.1 Å². The van der Waals surface area contributed by atoms with Crippen LogP contribution in [0.15, 0.2) is 212 Å². The lowest BCUT2D eigenvalue weighted by molar-refractivity contribution is 0.337. The van der Waals surface area contributed by atoms with Crippen LogP contribution in [-0.2, 0) is 0 Å². The number of dihydropyridines is 3. The maximum absolute atomic E-state index is 8.73. The molecular weight excluding hydrogens is 1660 g/mol. The molecule has 7 aliphatic heterocycles. The zero-order valence-corrected chi connectivity index (χ0v) is 75.7. The molecule has 0 unspecified atom stereocenters. The largest absolute Gasteiger partial charge is 0.396 e. The summed E-state index contributed by atoms with van der Waals surface area (Å²) in [5, 5.41) is 85.6. The van der Waals surface area contributed by atoms with E-state index in [9.17, 15) is 0 Å². The molecule has 0 atom stereocenters. The van der Waals surface area contributed by atoms with Crippen LogP contribution in [0.3, 0.4) is 0 Å². The highest BCUT2D eigenvalue weighted by Crippen LogP contribution is 2.37. The van der Waals surface area contributed by atoms with Crippen LogP contribution in [0, 0.1) is 16.2 Å². The van der Waals surface area contributed by atoms with Gasteiger partial charge in [-0.3, -0.25) is 16.2 Å². The molecular formula is C93H121N39. The summed E-state index contributed by atoms with van der Waals surface area (Å²) in [5.74, 6) is 6.10. The van der Waals surface area contributed by atoms with Crippen LogP contribution in [0.5, 0.6) is 0 Å². The molecule has 688 valence electrons. The number of aliphatic imine (C=N–C) groups is 6. The Labute approximate surface area is 766 Å². The summed E-state index contributed by atoms with van der Waals surface area (Å²) in [6.07, 6.45) is 30.3. The minimum Gasteiger partial charge on any atom is -0.396 e. The first-order chi connectivity index (χ1) is 64.5. The van der Waals surface area contributed by atoms with Gasteiger partial charge in [0.1, 0.15) is 34.1 Å². The van der Waals surface area contributed by atoms with Gasteiger partial charge < -0.3 is 94.5 Å². The molecule has 7 aliphatic rings. The van der Waals surface area contributed by atoms with Crippen LogP contribution < -0.4 is 65.1 Å². The van der Waals surface area contributed by atoms with Crippen LogP contribution in [0.25, 0.3) is 33.1 Å². The van der Waals surface area contributed by atoms with E-state index in [-0.39, 0.29) is 17.1 Å². The Kier molecular flexibility index (Phi) is 28.9. The molecule has 4 fully saturated rings.